The lowest BCUT2D eigenvalue weighted by Crippen LogP contribution is -2.38. The molecule has 1 saturated heterocycles. The van der Waals surface area contributed by atoms with Crippen molar-refractivity contribution in [1.29, 1.82) is 0 Å². The van der Waals surface area contributed by atoms with Crippen molar-refractivity contribution in [2.75, 3.05) is 39.5 Å². The second-order valence-corrected chi connectivity index (χ2v) is 5.29. The van der Waals surface area contributed by atoms with Gasteiger partial charge >= 0.3 is 0 Å². The van der Waals surface area contributed by atoms with Crippen LogP contribution in [0.4, 0.5) is 0 Å². The average molecular weight is 319 g/mol. The van der Waals surface area contributed by atoms with Crippen LogP contribution in [0.1, 0.15) is 11.7 Å². The molecule has 7 nitrogen and oxygen atoms in total. The van der Waals surface area contributed by atoms with E-state index in [4.69, 9.17) is 18.7 Å². The van der Waals surface area contributed by atoms with Crippen molar-refractivity contribution in [1.82, 2.24) is 15.0 Å². The molecule has 2 aromatic rings. The minimum Gasteiger partial charge on any atom is -0.492 e. The number of hydrogen-bond donors (Lipinski definition) is 0. The van der Waals surface area contributed by atoms with E-state index in [0.29, 0.717) is 18.3 Å². The number of hydrogen-bond acceptors (Lipinski definition) is 7. The molecule has 0 atom stereocenters. The third-order valence-corrected chi connectivity index (χ3v) is 3.54. The first-order valence-corrected chi connectivity index (χ1v) is 7.74. The molecule has 23 heavy (non-hydrogen) atoms. The summed E-state index contributed by atoms with van der Waals surface area (Å²) in [5.41, 5.74) is 0. The second kappa shape index (κ2) is 7.94. The van der Waals surface area contributed by atoms with E-state index in [0.717, 1.165) is 44.3 Å². The van der Waals surface area contributed by atoms with Crippen molar-refractivity contribution in [2.24, 2.45) is 0 Å². The quantitative estimate of drug-likeness (QED) is 0.769. The summed E-state index contributed by atoms with van der Waals surface area (Å²) in [5, 5.41) is 3.78. The topological polar surface area (TPSA) is 69.9 Å². The van der Waals surface area contributed by atoms with E-state index in [1.54, 1.807) is 6.92 Å². The summed E-state index contributed by atoms with van der Waals surface area (Å²) in [6.45, 7) is 7.20. The number of benzene rings is 1. The SMILES string of the molecule is Cc1nc(COc2ccc(OCCN3CCOCC3)cc2)no1. The van der Waals surface area contributed by atoms with Crippen LogP contribution in [-0.2, 0) is 11.3 Å². The van der Waals surface area contributed by atoms with Crippen molar-refractivity contribution in [2.45, 2.75) is 13.5 Å². The summed E-state index contributed by atoms with van der Waals surface area (Å²) in [6.07, 6.45) is 0. The summed E-state index contributed by atoms with van der Waals surface area (Å²) < 4.78 is 21.6. The third-order valence-electron chi connectivity index (χ3n) is 3.54. The number of morpholine rings is 1. The molecule has 1 aromatic heterocycles. The van der Waals surface area contributed by atoms with Crippen LogP contribution in [0.3, 0.4) is 0 Å². The minimum atomic E-state index is 0.286. The molecule has 3 rings (SSSR count). The van der Waals surface area contributed by atoms with Gasteiger partial charge in [-0.05, 0) is 24.3 Å². The van der Waals surface area contributed by atoms with Gasteiger partial charge in [0.1, 0.15) is 18.1 Å². The molecule has 0 spiro atoms. The highest BCUT2D eigenvalue weighted by Gasteiger charge is 2.09. The zero-order valence-electron chi connectivity index (χ0n) is 13.2. The third kappa shape index (κ3) is 4.94. The molecule has 1 aliphatic rings. The van der Waals surface area contributed by atoms with Crippen LogP contribution in [0.15, 0.2) is 28.8 Å². The lowest BCUT2D eigenvalue weighted by molar-refractivity contribution is 0.0322. The number of aryl methyl sites for hydroxylation is 1. The lowest BCUT2D eigenvalue weighted by atomic mass is 10.3. The fourth-order valence-corrected chi connectivity index (χ4v) is 2.30. The van der Waals surface area contributed by atoms with Gasteiger partial charge < -0.3 is 18.7 Å². The van der Waals surface area contributed by atoms with Crippen molar-refractivity contribution in [3.8, 4) is 11.5 Å². The second-order valence-electron chi connectivity index (χ2n) is 5.29. The smallest absolute Gasteiger partial charge is 0.223 e. The molecule has 0 amide bonds. The number of nitrogens with zero attached hydrogens (tertiary/aromatic N) is 3. The monoisotopic (exact) mass is 319 g/mol. The van der Waals surface area contributed by atoms with E-state index < -0.39 is 0 Å². The van der Waals surface area contributed by atoms with Gasteiger partial charge in [0.15, 0.2) is 6.61 Å². The average Bonchev–Trinajstić information content (AvgIpc) is 3.01. The Morgan fingerprint density at radius 2 is 1.78 bits per heavy atom. The molecule has 0 bridgehead atoms. The molecule has 124 valence electrons. The summed E-state index contributed by atoms with van der Waals surface area (Å²) in [6, 6.07) is 7.54. The van der Waals surface area contributed by atoms with Crippen molar-refractivity contribution in [3.05, 3.63) is 36.0 Å². The number of rotatable bonds is 7. The van der Waals surface area contributed by atoms with Crippen molar-refractivity contribution in [3.63, 3.8) is 0 Å². The molecule has 0 saturated carbocycles. The Balaban J connectivity index is 1.39. The first-order valence-electron chi connectivity index (χ1n) is 7.74. The Hall–Kier alpha value is -2.12. The predicted octanol–water partition coefficient (Wildman–Crippen LogP) is 1.67. The summed E-state index contributed by atoms with van der Waals surface area (Å²) >= 11 is 0. The highest BCUT2D eigenvalue weighted by Crippen LogP contribution is 2.18. The Bertz CT molecular complexity index is 594. The maximum absolute atomic E-state index is 5.75. The first-order chi connectivity index (χ1) is 11.3. The van der Waals surface area contributed by atoms with E-state index in [2.05, 4.69) is 15.0 Å². The maximum atomic E-state index is 5.75. The zero-order valence-corrected chi connectivity index (χ0v) is 13.2. The predicted molar refractivity (Wildman–Crippen MR) is 82.6 cm³/mol. The molecule has 1 aliphatic heterocycles. The molecular weight excluding hydrogens is 298 g/mol. The van der Waals surface area contributed by atoms with Gasteiger partial charge in [-0.25, -0.2) is 0 Å². The van der Waals surface area contributed by atoms with Crippen LogP contribution >= 0.6 is 0 Å². The van der Waals surface area contributed by atoms with Gasteiger partial charge in [-0.3, -0.25) is 4.90 Å². The number of ether oxygens (including phenoxy) is 3. The summed E-state index contributed by atoms with van der Waals surface area (Å²) in [7, 11) is 0. The standard InChI is InChI=1S/C16H21N3O4/c1-13-17-16(18-23-13)12-22-15-4-2-14(3-5-15)21-11-8-19-6-9-20-10-7-19/h2-5H,6-12H2,1H3. The molecule has 1 fully saturated rings. The minimum absolute atomic E-state index is 0.286. The molecule has 0 aliphatic carbocycles. The highest BCUT2D eigenvalue weighted by atomic mass is 16.5. The van der Waals surface area contributed by atoms with Gasteiger partial charge in [0.25, 0.3) is 0 Å². The zero-order chi connectivity index (χ0) is 15.9. The van der Waals surface area contributed by atoms with E-state index >= 15 is 0 Å². The van der Waals surface area contributed by atoms with Gasteiger partial charge in [-0.1, -0.05) is 5.16 Å². The Morgan fingerprint density at radius 1 is 1.09 bits per heavy atom. The molecular formula is C16H21N3O4. The maximum Gasteiger partial charge on any atom is 0.223 e. The largest absolute Gasteiger partial charge is 0.492 e. The molecule has 0 N–H and O–H groups in total. The molecule has 7 heteroatoms. The van der Waals surface area contributed by atoms with E-state index in [1.807, 2.05) is 24.3 Å². The van der Waals surface area contributed by atoms with Gasteiger partial charge in [0.05, 0.1) is 13.2 Å². The van der Waals surface area contributed by atoms with E-state index in [-0.39, 0.29) is 6.61 Å². The van der Waals surface area contributed by atoms with Crippen LogP contribution in [0, 0.1) is 6.92 Å². The van der Waals surface area contributed by atoms with Gasteiger partial charge in [0, 0.05) is 26.6 Å². The molecule has 1 aromatic carbocycles. The van der Waals surface area contributed by atoms with Crippen molar-refractivity contribution < 1.29 is 18.7 Å². The van der Waals surface area contributed by atoms with Crippen LogP contribution in [0.25, 0.3) is 0 Å². The van der Waals surface area contributed by atoms with Crippen LogP contribution in [-0.4, -0.2) is 54.5 Å². The Labute approximate surface area is 135 Å². The summed E-state index contributed by atoms with van der Waals surface area (Å²) in [4.78, 5) is 6.43. The molecule has 2 heterocycles. The van der Waals surface area contributed by atoms with Crippen molar-refractivity contribution >= 4 is 0 Å². The lowest BCUT2D eigenvalue weighted by Gasteiger charge is -2.26. The van der Waals surface area contributed by atoms with E-state index in [1.165, 1.54) is 0 Å². The fourth-order valence-electron chi connectivity index (χ4n) is 2.30. The van der Waals surface area contributed by atoms with Gasteiger partial charge in [-0.15, -0.1) is 0 Å². The summed E-state index contributed by atoms with van der Waals surface area (Å²) in [5.74, 6) is 2.65. The highest BCUT2D eigenvalue weighted by molar-refractivity contribution is 5.31. The Kier molecular flexibility index (Phi) is 5.44. The molecule has 0 radical (unpaired) electrons. The first kappa shape index (κ1) is 15.8. The number of aromatic nitrogens is 2. The van der Waals surface area contributed by atoms with E-state index in [9.17, 15) is 0 Å². The van der Waals surface area contributed by atoms with Crippen LogP contribution in [0.5, 0.6) is 11.5 Å². The van der Waals surface area contributed by atoms with Gasteiger partial charge in [0.2, 0.25) is 11.7 Å². The fraction of sp³-hybridized carbons (Fsp3) is 0.500. The Morgan fingerprint density at radius 3 is 2.43 bits per heavy atom. The normalized spacial score (nSPS) is 15.5. The molecule has 0 unspecified atom stereocenters. The van der Waals surface area contributed by atoms with Gasteiger partial charge in [-0.2, -0.15) is 4.98 Å². The van der Waals surface area contributed by atoms with Crippen LogP contribution in [0.2, 0.25) is 0 Å². The van der Waals surface area contributed by atoms with Crippen LogP contribution < -0.4 is 9.47 Å².